The molecule has 8 heteroatoms. The third-order valence-electron chi connectivity index (χ3n) is 4.35. The molecule has 148 valence electrons. The predicted octanol–water partition coefficient (Wildman–Crippen LogP) is 3.29. The van der Waals surface area contributed by atoms with E-state index in [0.29, 0.717) is 11.7 Å². The molecule has 3 rings (SSSR count). The van der Waals surface area contributed by atoms with Gasteiger partial charge in [-0.15, -0.1) is 10.2 Å². The number of methoxy groups -OCH3 is 1. The van der Waals surface area contributed by atoms with E-state index < -0.39 is 5.25 Å². The number of aliphatic imine (C=N–C) groups is 1. The van der Waals surface area contributed by atoms with Crippen LogP contribution < -0.4 is 5.32 Å². The average molecular weight is 400 g/mol. The lowest BCUT2D eigenvalue weighted by Crippen LogP contribution is -2.29. The minimum Gasteiger partial charge on any atom is -0.383 e. The van der Waals surface area contributed by atoms with E-state index in [4.69, 9.17) is 4.74 Å². The molecule has 1 aromatic carbocycles. The van der Waals surface area contributed by atoms with Gasteiger partial charge in [0.25, 0.3) is 0 Å². The Morgan fingerprint density at radius 3 is 2.82 bits per heavy atom. The van der Waals surface area contributed by atoms with Gasteiger partial charge in [0, 0.05) is 31.1 Å². The predicted molar refractivity (Wildman–Crippen MR) is 113 cm³/mol. The molecule has 2 unspecified atom stereocenters. The van der Waals surface area contributed by atoms with Gasteiger partial charge in [0.1, 0.15) is 5.25 Å². The van der Waals surface area contributed by atoms with Crippen LogP contribution in [0.25, 0.3) is 5.57 Å². The van der Waals surface area contributed by atoms with Gasteiger partial charge >= 0.3 is 0 Å². The van der Waals surface area contributed by atoms with Crippen LogP contribution in [-0.4, -0.2) is 51.9 Å². The average Bonchev–Trinajstić information content (AvgIpc) is 3.11. The summed E-state index contributed by atoms with van der Waals surface area (Å²) in [6.45, 7) is 5.12. The molecular formula is C20H25N5O2S. The lowest BCUT2D eigenvalue weighted by molar-refractivity contribution is -0.116. The molecule has 7 nitrogen and oxygen atoms in total. The first-order valence-corrected chi connectivity index (χ1v) is 10.2. The summed E-state index contributed by atoms with van der Waals surface area (Å²) in [4.78, 5) is 17.1. The fourth-order valence-corrected chi connectivity index (χ4v) is 4.02. The first kappa shape index (κ1) is 20.3. The number of carbonyl (C=O) groups is 1. The van der Waals surface area contributed by atoms with E-state index >= 15 is 0 Å². The number of allylic oxidation sites excluding steroid dienone is 1. The van der Waals surface area contributed by atoms with Crippen molar-refractivity contribution in [2.24, 2.45) is 4.99 Å². The summed E-state index contributed by atoms with van der Waals surface area (Å²) >= 11 is 1.37. The standard InChI is InChI=1S/C20H25N5O2S/c1-4-25-18(15-10-11-21-14(2)12-15)23-24-20(25)28-17(13-27-3)19(26)22-16-8-6-5-7-9-16/h5-11,14,17H,4,12-13H2,1-3H3,(H,22,26). The molecule has 0 spiro atoms. The Bertz CT molecular complexity index is 863. The number of nitrogens with one attached hydrogen (secondary N) is 1. The van der Waals surface area contributed by atoms with Crippen LogP contribution in [0.3, 0.4) is 0 Å². The second kappa shape index (κ2) is 9.66. The quantitative estimate of drug-likeness (QED) is 0.689. The monoisotopic (exact) mass is 399 g/mol. The molecule has 0 aliphatic carbocycles. The second-order valence-corrected chi connectivity index (χ2v) is 7.68. The molecule has 0 saturated carbocycles. The van der Waals surface area contributed by atoms with Crippen molar-refractivity contribution < 1.29 is 9.53 Å². The maximum atomic E-state index is 12.8. The molecule has 0 radical (unpaired) electrons. The fraction of sp³-hybridized carbons (Fsp3) is 0.400. The number of anilines is 1. The number of hydrogen-bond donors (Lipinski definition) is 1. The zero-order valence-electron chi connectivity index (χ0n) is 16.3. The van der Waals surface area contributed by atoms with E-state index in [1.807, 2.05) is 54.1 Å². The highest BCUT2D eigenvalue weighted by Gasteiger charge is 2.25. The van der Waals surface area contributed by atoms with E-state index in [9.17, 15) is 4.79 Å². The van der Waals surface area contributed by atoms with Crippen molar-refractivity contribution in [1.82, 2.24) is 14.8 Å². The molecule has 0 saturated heterocycles. The van der Waals surface area contributed by atoms with Gasteiger partial charge in [-0.1, -0.05) is 30.0 Å². The smallest absolute Gasteiger partial charge is 0.240 e. The lowest BCUT2D eigenvalue weighted by Gasteiger charge is -2.17. The minimum atomic E-state index is -0.437. The highest BCUT2D eigenvalue weighted by Crippen LogP contribution is 2.28. The van der Waals surface area contributed by atoms with Crippen LogP contribution in [0.4, 0.5) is 5.69 Å². The Morgan fingerprint density at radius 1 is 1.36 bits per heavy atom. The van der Waals surface area contributed by atoms with Crippen molar-refractivity contribution in [3.8, 4) is 0 Å². The number of thioether (sulfide) groups is 1. The van der Waals surface area contributed by atoms with Crippen LogP contribution in [0, 0.1) is 0 Å². The first-order valence-electron chi connectivity index (χ1n) is 9.29. The van der Waals surface area contributed by atoms with Crippen LogP contribution in [0.1, 0.15) is 26.1 Å². The third-order valence-corrected chi connectivity index (χ3v) is 5.50. The second-order valence-electron chi connectivity index (χ2n) is 6.51. The lowest BCUT2D eigenvalue weighted by atomic mass is 10.0. The summed E-state index contributed by atoms with van der Waals surface area (Å²) in [7, 11) is 1.59. The number of nitrogens with zero attached hydrogens (tertiary/aromatic N) is 4. The van der Waals surface area contributed by atoms with Crippen molar-refractivity contribution in [3.63, 3.8) is 0 Å². The van der Waals surface area contributed by atoms with Gasteiger partial charge in [-0.2, -0.15) is 0 Å². The molecule has 1 aromatic heterocycles. The Morgan fingerprint density at radius 2 is 2.14 bits per heavy atom. The number of benzene rings is 1. The highest BCUT2D eigenvalue weighted by atomic mass is 32.2. The van der Waals surface area contributed by atoms with Gasteiger partial charge in [-0.25, -0.2) is 0 Å². The van der Waals surface area contributed by atoms with Gasteiger partial charge in [0.15, 0.2) is 11.0 Å². The maximum absolute atomic E-state index is 12.8. The molecule has 1 N–H and O–H groups in total. The summed E-state index contributed by atoms with van der Waals surface area (Å²) in [6, 6.07) is 9.63. The Labute approximate surface area is 169 Å². The fourth-order valence-electron chi connectivity index (χ4n) is 2.97. The Kier molecular flexibility index (Phi) is 7.00. The van der Waals surface area contributed by atoms with Crippen molar-refractivity contribution in [2.45, 2.75) is 43.3 Å². The number of dihydropyridines is 1. The molecule has 2 heterocycles. The van der Waals surface area contributed by atoms with Gasteiger partial charge < -0.3 is 14.6 Å². The van der Waals surface area contributed by atoms with Crippen LogP contribution in [0.5, 0.6) is 0 Å². The van der Waals surface area contributed by atoms with E-state index in [1.165, 1.54) is 11.8 Å². The number of rotatable bonds is 8. The molecule has 2 atom stereocenters. The first-order chi connectivity index (χ1) is 13.6. The van der Waals surface area contributed by atoms with E-state index in [0.717, 1.165) is 23.5 Å². The van der Waals surface area contributed by atoms with Crippen molar-refractivity contribution >= 4 is 35.1 Å². The van der Waals surface area contributed by atoms with Crippen molar-refractivity contribution in [1.29, 1.82) is 0 Å². The third kappa shape index (κ3) is 4.88. The molecule has 0 fully saturated rings. The van der Waals surface area contributed by atoms with Gasteiger partial charge in [0.05, 0.1) is 12.6 Å². The van der Waals surface area contributed by atoms with E-state index in [2.05, 4.69) is 27.4 Å². The summed E-state index contributed by atoms with van der Waals surface area (Å²) in [5, 5.41) is 12.0. The Hall–Kier alpha value is -2.45. The highest BCUT2D eigenvalue weighted by molar-refractivity contribution is 8.00. The van der Waals surface area contributed by atoms with Crippen LogP contribution in [0.2, 0.25) is 0 Å². The minimum absolute atomic E-state index is 0.122. The maximum Gasteiger partial charge on any atom is 0.240 e. The van der Waals surface area contributed by atoms with Crippen molar-refractivity contribution in [2.75, 3.05) is 19.0 Å². The van der Waals surface area contributed by atoms with Crippen LogP contribution >= 0.6 is 11.8 Å². The van der Waals surface area contributed by atoms with Gasteiger partial charge in [-0.3, -0.25) is 9.79 Å². The van der Waals surface area contributed by atoms with E-state index in [1.54, 1.807) is 7.11 Å². The number of para-hydroxylation sites is 1. The molecule has 1 amide bonds. The summed E-state index contributed by atoms with van der Waals surface area (Å²) in [5.41, 5.74) is 1.87. The molecule has 2 aromatic rings. The largest absolute Gasteiger partial charge is 0.383 e. The molecular weight excluding hydrogens is 374 g/mol. The summed E-state index contributed by atoms with van der Waals surface area (Å²) in [6.07, 6.45) is 4.64. The normalized spacial score (nSPS) is 17.2. The summed E-state index contributed by atoms with van der Waals surface area (Å²) < 4.78 is 7.32. The SMILES string of the molecule is CCn1c(SC(COC)C(=O)Nc2ccccc2)nnc1C1=CC=NC(C)C1. The molecule has 28 heavy (non-hydrogen) atoms. The number of carbonyl (C=O) groups excluding carboxylic acids is 1. The number of ether oxygens (including phenoxy) is 1. The number of aromatic nitrogens is 3. The zero-order chi connectivity index (χ0) is 19.9. The molecule has 0 bridgehead atoms. The van der Waals surface area contributed by atoms with Gasteiger partial charge in [0.2, 0.25) is 5.91 Å². The van der Waals surface area contributed by atoms with Crippen LogP contribution in [0.15, 0.2) is 46.6 Å². The topological polar surface area (TPSA) is 81.4 Å². The Balaban J connectivity index is 1.78. The number of amides is 1. The molecule has 1 aliphatic heterocycles. The van der Waals surface area contributed by atoms with Crippen LogP contribution in [-0.2, 0) is 16.1 Å². The summed E-state index contributed by atoms with van der Waals surface area (Å²) in [5.74, 6) is 0.713. The number of hydrogen-bond acceptors (Lipinski definition) is 6. The van der Waals surface area contributed by atoms with E-state index in [-0.39, 0.29) is 18.6 Å². The van der Waals surface area contributed by atoms with Gasteiger partial charge in [-0.05, 0) is 38.5 Å². The zero-order valence-corrected chi connectivity index (χ0v) is 17.1. The van der Waals surface area contributed by atoms with Crippen molar-refractivity contribution in [3.05, 3.63) is 42.2 Å². The molecule has 1 aliphatic rings.